The van der Waals surface area contributed by atoms with E-state index < -0.39 is 46.9 Å². The normalized spacial score (nSPS) is 14.6. The topological polar surface area (TPSA) is 67.6 Å². The number of aromatic nitrogens is 2. The van der Waals surface area contributed by atoms with Crippen molar-refractivity contribution in [2.24, 2.45) is 4.99 Å². The fourth-order valence-corrected chi connectivity index (χ4v) is 3.31. The average molecular weight is 483 g/mol. The van der Waals surface area contributed by atoms with Crippen molar-refractivity contribution in [1.82, 2.24) is 9.97 Å². The molecule has 1 heterocycles. The average Bonchev–Trinajstić information content (AvgIpc) is 2.78. The van der Waals surface area contributed by atoms with Crippen LogP contribution >= 0.6 is 0 Å². The second-order valence-electron chi connectivity index (χ2n) is 7.36. The van der Waals surface area contributed by atoms with Crippen molar-refractivity contribution in [3.05, 3.63) is 65.4 Å². The van der Waals surface area contributed by atoms with Gasteiger partial charge in [-0.2, -0.15) is 13.2 Å². The number of aliphatic hydroxyl groups is 1. The van der Waals surface area contributed by atoms with Gasteiger partial charge in [-0.3, -0.25) is 4.99 Å². The molecule has 0 fully saturated rings. The molecule has 34 heavy (non-hydrogen) atoms. The molecule has 0 amide bonds. The van der Waals surface area contributed by atoms with Gasteiger partial charge in [0.25, 0.3) is 0 Å². The van der Waals surface area contributed by atoms with Gasteiger partial charge < -0.3 is 9.84 Å². The van der Waals surface area contributed by atoms with E-state index in [2.05, 4.69) is 15.0 Å². The number of allylic oxidation sites excluding steroid dienone is 1. The summed E-state index contributed by atoms with van der Waals surface area (Å²) in [6.07, 6.45) is -3.74. The van der Waals surface area contributed by atoms with Crippen molar-refractivity contribution >= 4 is 28.4 Å². The number of benzene rings is 2. The van der Waals surface area contributed by atoms with Gasteiger partial charge in [-0.15, -0.1) is 0 Å². The van der Waals surface area contributed by atoms with E-state index >= 15 is 0 Å². The minimum absolute atomic E-state index is 0.00299. The first-order valence-electron chi connectivity index (χ1n) is 9.85. The van der Waals surface area contributed by atoms with Crippen LogP contribution in [0.5, 0.6) is 5.75 Å². The third kappa shape index (κ3) is 4.74. The third-order valence-electron chi connectivity index (χ3n) is 5.10. The largest absolute Gasteiger partial charge is 0.493 e. The highest BCUT2D eigenvalue weighted by Crippen LogP contribution is 2.40. The Bertz CT molecular complexity index is 1290. The summed E-state index contributed by atoms with van der Waals surface area (Å²) in [5.41, 5.74) is -4.51. The Labute approximate surface area is 190 Å². The number of ether oxygens (including phenoxy) is 1. The molecule has 11 heteroatoms. The first kappa shape index (κ1) is 25.2. The molecule has 180 valence electrons. The molecule has 1 unspecified atom stereocenters. The second-order valence-corrected chi connectivity index (χ2v) is 7.36. The first-order valence-corrected chi connectivity index (χ1v) is 9.85. The van der Waals surface area contributed by atoms with Crippen LogP contribution in [-0.4, -0.2) is 40.2 Å². The van der Waals surface area contributed by atoms with E-state index in [4.69, 9.17) is 4.74 Å². The lowest BCUT2D eigenvalue weighted by atomic mass is 9.90. The van der Waals surface area contributed by atoms with Gasteiger partial charge in [0, 0.05) is 35.8 Å². The molecule has 5 nitrogen and oxygen atoms in total. The van der Waals surface area contributed by atoms with Crippen molar-refractivity contribution in [1.29, 1.82) is 0 Å². The lowest BCUT2D eigenvalue weighted by Crippen LogP contribution is -2.46. The summed E-state index contributed by atoms with van der Waals surface area (Å²) in [5, 5.41) is 10.4. The SMILES string of the molecule is C/C=C(/CC(O)(C=Nc1cc(F)c(F)c2nc(C)ncc12)C(F)(F)F)c1cccc(F)c1OC. The molecular weight excluding hydrogens is 464 g/mol. The zero-order chi connectivity index (χ0) is 25.3. The molecule has 0 saturated heterocycles. The number of halogens is 6. The number of hydrogen-bond acceptors (Lipinski definition) is 5. The Hall–Kier alpha value is -3.47. The summed E-state index contributed by atoms with van der Waals surface area (Å²) in [5.74, 6) is -3.67. The van der Waals surface area contributed by atoms with Crippen molar-refractivity contribution in [3.8, 4) is 5.75 Å². The van der Waals surface area contributed by atoms with E-state index in [1.54, 1.807) is 0 Å². The summed E-state index contributed by atoms with van der Waals surface area (Å²) in [7, 11) is 1.16. The van der Waals surface area contributed by atoms with Gasteiger partial charge in [-0.25, -0.2) is 23.1 Å². The Morgan fingerprint density at radius 1 is 1.18 bits per heavy atom. The Morgan fingerprint density at radius 3 is 2.50 bits per heavy atom. The molecule has 1 N–H and O–H groups in total. The van der Waals surface area contributed by atoms with Gasteiger partial charge in [0.1, 0.15) is 11.3 Å². The maximum absolute atomic E-state index is 14.1. The highest BCUT2D eigenvalue weighted by molar-refractivity contribution is 5.92. The maximum Gasteiger partial charge on any atom is 0.422 e. The van der Waals surface area contributed by atoms with Gasteiger partial charge in [-0.1, -0.05) is 18.2 Å². The van der Waals surface area contributed by atoms with Gasteiger partial charge in [0.15, 0.2) is 28.8 Å². The molecule has 0 bridgehead atoms. The van der Waals surface area contributed by atoms with Crippen LogP contribution in [0.25, 0.3) is 16.5 Å². The Kier molecular flexibility index (Phi) is 6.97. The molecule has 0 radical (unpaired) electrons. The summed E-state index contributed by atoms with van der Waals surface area (Å²) in [6, 6.07) is 4.28. The number of aryl methyl sites for hydroxylation is 1. The molecule has 0 aliphatic heterocycles. The smallest absolute Gasteiger partial charge is 0.422 e. The van der Waals surface area contributed by atoms with E-state index in [1.165, 1.54) is 32.1 Å². The fraction of sp³-hybridized carbons (Fsp3) is 0.261. The fourth-order valence-electron chi connectivity index (χ4n) is 3.31. The number of aliphatic imine (C=N–C) groups is 1. The monoisotopic (exact) mass is 483 g/mol. The Balaban J connectivity index is 2.10. The minimum Gasteiger partial charge on any atom is -0.493 e. The number of para-hydroxylation sites is 1. The molecule has 0 spiro atoms. The third-order valence-corrected chi connectivity index (χ3v) is 5.10. The van der Waals surface area contributed by atoms with Gasteiger partial charge in [-0.05, 0) is 25.5 Å². The number of hydrogen-bond donors (Lipinski definition) is 1. The molecular formula is C23H19F6N3O2. The molecule has 0 aliphatic carbocycles. The van der Waals surface area contributed by atoms with E-state index in [0.717, 1.165) is 19.4 Å². The van der Waals surface area contributed by atoms with Crippen LogP contribution in [0.3, 0.4) is 0 Å². The predicted octanol–water partition coefficient (Wildman–Crippen LogP) is 5.85. The molecule has 1 atom stereocenters. The first-order chi connectivity index (χ1) is 15.9. The number of rotatable bonds is 6. The second kappa shape index (κ2) is 9.41. The lowest BCUT2D eigenvalue weighted by molar-refractivity contribution is -0.226. The lowest BCUT2D eigenvalue weighted by Gasteiger charge is -2.28. The molecule has 3 aromatic rings. The van der Waals surface area contributed by atoms with Crippen LogP contribution in [-0.2, 0) is 0 Å². The van der Waals surface area contributed by atoms with Crippen molar-refractivity contribution in [2.75, 3.05) is 7.11 Å². The quantitative estimate of drug-likeness (QED) is 0.353. The van der Waals surface area contributed by atoms with Gasteiger partial charge in [0.05, 0.1) is 12.8 Å². The van der Waals surface area contributed by atoms with Crippen LogP contribution in [0.15, 0.2) is 41.5 Å². The summed E-state index contributed by atoms with van der Waals surface area (Å²) in [4.78, 5) is 11.3. The number of alkyl halides is 3. The molecule has 0 aliphatic rings. The van der Waals surface area contributed by atoms with Crippen LogP contribution in [0.1, 0.15) is 24.7 Å². The molecule has 2 aromatic carbocycles. The van der Waals surface area contributed by atoms with E-state index in [0.29, 0.717) is 6.07 Å². The standard InChI is InChI=1S/C23H19F6N3O2/c1-4-13(14-6-5-7-16(24)21(14)34-3)9-22(33,23(27,28)29)11-31-18-8-17(25)19(26)20-15(18)10-30-12(2)32-20/h4-8,10-11,33H,9H2,1-3H3/b13-4-,31-11?. The van der Waals surface area contributed by atoms with Crippen molar-refractivity contribution < 1.29 is 36.2 Å². The van der Waals surface area contributed by atoms with Crippen LogP contribution < -0.4 is 4.74 Å². The Morgan fingerprint density at radius 2 is 1.88 bits per heavy atom. The van der Waals surface area contributed by atoms with Crippen molar-refractivity contribution in [2.45, 2.75) is 32.0 Å². The molecule has 0 saturated carbocycles. The molecule has 1 aromatic heterocycles. The highest BCUT2D eigenvalue weighted by atomic mass is 19.4. The van der Waals surface area contributed by atoms with Gasteiger partial charge in [0.2, 0.25) is 0 Å². The van der Waals surface area contributed by atoms with E-state index in [1.807, 2.05) is 0 Å². The summed E-state index contributed by atoms with van der Waals surface area (Å²) in [6.45, 7) is 2.84. The number of nitrogens with zero attached hydrogens (tertiary/aromatic N) is 3. The number of methoxy groups -OCH3 is 1. The zero-order valence-electron chi connectivity index (χ0n) is 18.2. The number of fused-ring (bicyclic) bond motifs is 1. The van der Waals surface area contributed by atoms with Crippen LogP contribution in [0, 0.1) is 24.4 Å². The maximum atomic E-state index is 14.1. The summed E-state index contributed by atoms with van der Waals surface area (Å²) < 4.78 is 89.1. The highest BCUT2D eigenvalue weighted by Gasteiger charge is 2.53. The van der Waals surface area contributed by atoms with E-state index in [9.17, 15) is 31.4 Å². The van der Waals surface area contributed by atoms with E-state index in [-0.39, 0.29) is 34.3 Å². The van der Waals surface area contributed by atoms with Gasteiger partial charge >= 0.3 is 6.18 Å². The van der Waals surface area contributed by atoms with Crippen molar-refractivity contribution in [3.63, 3.8) is 0 Å². The molecule has 3 rings (SSSR count). The predicted molar refractivity (Wildman–Crippen MR) is 115 cm³/mol. The summed E-state index contributed by atoms with van der Waals surface area (Å²) >= 11 is 0. The van der Waals surface area contributed by atoms with Crippen LogP contribution in [0.2, 0.25) is 0 Å². The van der Waals surface area contributed by atoms with Crippen LogP contribution in [0.4, 0.5) is 32.0 Å². The minimum atomic E-state index is -5.23. The zero-order valence-corrected chi connectivity index (χ0v) is 18.2.